The minimum absolute atomic E-state index is 0.195. The van der Waals surface area contributed by atoms with E-state index in [1.807, 2.05) is 44.2 Å². The van der Waals surface area contributed by atoms with Gasteiger partial charge >= 0.3 is 6.16 Å². The molecule has 0 aliphatic carbocycles. The van der Waals surface area contributed by atoms with Gasteiger partial charge in [0.2, 0.25) is 0 Å². The summed E-state index contributed by atoms with van der Waals surface area (Å²) < 4.78 is 36.8. The van der Waals surface area contributed by atoms with E-state index in [0.29, 0.717) is 17.2 Å². The van der Waals surface area contributed by atoms with E-state index in [1.165, 1.54) is 12.1 Å². The highest BCUT2D eigenvalue weighted by atomic mass is 19.1. The maximum atomic E-state index is 14.0. The van der Waals surface area contributed by atoms with Gasteiger partial charge in [-0.3, -0.25) is 0 Å². The van der Waals surface area contributed by atoms with Crippen LogP contribution in [0.4, 0.5) is 14.9 Å². The van der Waals surface area contributed by atoms with E-state index in [2.05, 4.69) is 32.2 Å². The van der Waals surface area contributed by atoms with Crippen LogP contribution >= 0.6 is 0 Å². The van der Waals surface area contributed by atoms with Crippen molar-refractivity contribution in [3.05, 3.63) is 107 Å². The van der Waals surface area contributed by atoms with Gasteiger partial charge in [-0.2, -0.15) is 0 Å². The molecule has 0 aromatic heterocycles. The molecule has 4 aromatic carbocycles. The summed E-state index contributed by atoms with van der Waals surface area (Å²) >= 11 is 0. The SMILES string of the molecule is COc1cc(OC(=O)Oc2ccc(C)cc2)ccc1-c1ccc2c(c1COc1cc(F)ccc1C)C(C)=CC(C)(C)N2. The van der Waals surface area contributed by atoms with Gasteiger partial charge in [0, 0.05) is 34.5 Å². The smallest absolute Gasteiger partial charge is 0.496 e. The first-order chi connectivity index (χ1) is 20.0. The highest BCUT2D eigenvalue weighted by molar-refractivity contribution is 5.88. The Hall–Kier alpha value is -4.78. The molecule has 5 rings (SSSR count). The number of carbonyl (C=O) groups is 1. The van der Waals surface area contributed by atoms with Gasteiger partial charge in [0.25, 0.3) is 0 Å². The van der Waals surface area contributed by atoms with Crippen molar-refractivity contribution in [3.63, 3.8) is 0 Å². The average Bonchev–Trinajstić information content (AvgIpc) is 2.94. The van der Waals surface area contributed by atoms with E-state index < -0.39 is 6.16 Å². The second-order valence-electron chi connectivity index (χ2n) is 11.0. The van der Waals surface area contributed by atoms with Gasteiger partial charge < -0.3 is 24.3 Å². The summed E-state index contributed by atoms with van der Waals surface area (Å²) in [6.07, 6.45) is 1.33. The number of hydrogen-bond acceptors (Lipinski definition) is 6. The molecule has 42 heavy (non-hydrogen) atoms. The Kier molecular flexibility index (Phi) is 7.94. The van der Waals surface area contributed by atoms with E-state index in [-0.39, 0.29) is 23.7 Å². The predicted molar refractivity (Wildman–Crippen MR) is 163 cm³/mol. The lowest BCUT2D eigenvalue weighted by Gasteiger charge is -2.33. The van der Waals surface area contributed by atoms with E-state index in [1.54, 1.807) is 37.4 Å². The molecule has 0 unspecified atom stereocenters. The van der Waals surface area contributed by atoms with Gasteiger partial charge in [-0.1, -0.05) is 35.9 Å². The first-order valence-corrected chi connectivity index (χ1v) is 13.7. The summed E-state index contributed by atoms with van der Waals surface area (Å²) in [6, 6.07) is 20.9. The number of methoxy groups -OCH3 is 1. The quantitative estimate of drug-likeness (QED) is 0.178. The van der Waals surface area contributed by atoms with Gasteiger partial charge in [-0.25, -0.2) is 9.18 Å². The third-order valence-corrected chi connectivity index (χ3v) is 7.15. The number of fused-ring (bicyclic) bond motifs is 1. The number of anilines is 1. The van der Waals surface area contributed by atoms with Crippen molar-refractivity contribution in [2.45, 2.75) is 46.8 Å². The number of halogens is 1. The van der Waals surface area contributed by atoms with Crippen molar-refractivity contribution >= 4 is 17.4 Å². The normalized spacial score (nSPS) is 13.4. The van der Waals surface area contributed by atoms with Crippen molar-refractivity contribution in [2.75, 3.05) is 12.4 Å². The molecular formula is C35H34FNO5. The van der Waals surface area contributed by atoms with Crippen LogP contribution in [0.1, 0.15) is 43.0 Å². The molecule has 0 amide bonds. The van der Waals surface area contributed by atoms with Crippen molar-refractivity contribution in [1.82, 2.24) is 0 Å². The van der Waals surface area contributed by atoms with Crippen LogP contribution < -0.4 is 24.3 Å². The summed E-state index contributed by atoms with van der Waals surface area (Å²) in [5, 5.41) is 3.59. The van der Waals surface area contributed by atoms with Gasteiger partial charge in [-0.05, 0) is 87.7 Å². The number of benzene rings is 4. The zero-order chi connectivity index (χ0) is 30.0. The topological polar surface area (TPSA) is 66.0 Å². The number of hydrogen-bond donors (Lipinski definition) is 1. The molecule has 0 radical (unpaired) electrons. The summed E-state index contributed by atoms with van der Waals surface area (Å²) in [5.74, 6) is 1.29. The van der Waals surface area contributed by atoms with Crippen molar-refractivity contribution in [1.29, 1.82) is 0 Å². The fraction of sp³-hybridized carbons (Fsp3) is 0.229. The van der Waals surface area contributed by atoms with Crippen LogP contribution in [0, 0.1) is 19.7 Å². The Morgan fingerprint density at radius 3 is 2.26 bits per heavy atom. The number of aryl methyl sites for hydroxylation is 2. The molecule has 1 aliphatic heterocycles. The third kappa shape index (κ3) is 6.25. The zero-order valence-electron chi connectivity index (χ0n) is 24.6. The lowest BCUT2D eigenvalue weighted by atomic mass is 9.85. The van der Waals surface area contributed by atoms with E-state index >= 15 is 0 Å². The van der Waals surface area contributed by atoms with Crippen LogP contribution in [0.25, 0.3) is 16.7 Å². The molecule has 4 aromatic rings. The molecule has 1 heterocycles. The third-order valence-electron chi connectivity index (χ3n) is 7.15. The molecule has 7 heteroatoms. The zero-order valence-corrected chi connectivity index (χ0v) is 24.6. The van der Waals surface area contributed by atoms with E-state index in [0.717, 1.165) is 44.6 Å². The van der Waals surface area contributed by atoms with Crippen LogP contribution in [0.2, 0.25) is 0 Å². The molecule has 0 atom stereocenters. The van der Waals surface area contributed by atoms with Gasteiger partial charge in [0.15, 0.2) is 0 Å². The predicted octanol–water partition coefficient (Wildman–Crippen LogP) is 8.88. The molecular weight excluding hydrogens is 533 g/mol. The number of ether oxygens (including phenoxy) is 4. The Labute approximate surface area is 245 Å². The Balaban J connectivity index is 1.50. The fourth-order valence-electron chi connectivity index (χ4n) is 5.26. The number of rotatable bonds is 7. The lowest BCUT2D eigenvalue weighted by molar-refractivity contribution is 0.151. The Bertz CT molecular complexity index is 1670. The second-order valence-corrected chi connectivity index (χ2v) is 11.0. The van der Waals surface area contributed by atoms with Crippen LogP contribution in [0.15, 0.2) is 78.9 Å². The van der Waals surface area contributed by atoms with Crippen molar-refractivity contribution < 1.29 is 28.1 Å². The van der Waals surface area contributed by atoms with Gasteiger partial charge in [0.05, 0.1) is 12.6 Å². The minimum Gasteiger partial charge on any atom is -0.496 e. The summed E-state index contributed by atoms with van der Waals surface area (Å²) in [5.41, 5.74) is 7.35. The molecule has 0 saturated heterocycles. The second kappa shape index (κ2) is 11.6. The van der Waals surface area contributed by atoms with Crippen LogP contribution in [-0.4, -0.2) is 18.8 Å². The summed E-state index contributed by atoms with van der Waals surface area (Å²) in [7, 11) is 1.56. The largest absolute Gasteiger partial charge is 0.519 e. The first kappa shape index (κ1) is 28.7. The number of nitrogens with one attached hydrogen (secondary N) is 1. The standard InChI is InChI=1S/C35H34FNO5/c1-21-7-11-25(12-8-21)41-34(38)42-26-13-14-28(32(18-26)39-6)27-15-16-30-33(23(3)19-35(4,5)37-30)29(27)20-40-31-17-24(36)10-9-22(31)2/h7-19,37H,20H2,1-6H3. The van der Waals surface area contributed by atoms with Crippen LogP contribution in [-0.2, 0) is 6.61 Å². The maximum Gasteiger partial charge on any atom is 0.519 e. The van der Waals surface area contributed by atoms with Gasteiger partial charge in [0.1, 0.15) is 35.4 Å². The van der Waals surface area contributed by atoms with Crippen LogP contribution in [0.3, 0.4) is 0 Å². The monoisotopic (exact) mass is 567 g/mol. The minimum atomic E-state index is -0.851. The summed E-state index contributed by atoms with van der Waals surface area (Å²) in [4.78, 5) is 12.5. The highest BCUT2D eigenvalue weighted by Crippen LogP contribution is 2.43. The van der Waals surface area contributed by atoms with Crippen LogP contribution in [0.5, 0.6) is 23.0 Å². The lowest BCUT2D eigenvalue weighted by Crippen LogP contribution is -2.32. The molecule has 6 nitrogen and oxygen atoms in total. The van der Waals surface area contributed by atoms with Crippen molar-refractivity contribution in [2.24, 2.45) is 0 Å². The summed E-state index contributed by atoms with van der Waals surface area (Å²) in [6.45, 7) is 10.3. The Morgan fingerprint density at radius 2 is 1.52 bits per heavy atom. The molecule has 0 bridgehead atoms. The van der Waals surface area contributed by atoms with Crippen molar-refractivity contribution in [3.8, 4) is 34.1 Å². The maximum absolute atomic E-state index is 14.0. The van der Waals surface area contributed by atoms with E-state index in [4.69, 9.17) is 18.9 Å². The Morgan fingerprint density at radius 1 is 0.833 bits per heavy atom. The number of allylic oxidation sites excluding steroid dienone is 1. The molecule has 0 saturated carbocycles. The molecule has 0 fully saturated rings. The first-order valence-electron chi connectivity index (χ1n) is 13.7. The van der Waals surface area contributed by atoms with Gasteiger partial charge in [-0.15, -0.1) is 0 Å². The fourth-order valence-corrected chi connectivity index (χ4v) is 5.26. The van der Waals surface area contributed by atoms with E-state index in [9.17, 15) is 9.18 Å². The molecule has 0 spiro atoms. The highest BCUT2D eigenvalue weighted by Gasteiger charge is 2.27. The molecule has 1 N–H and O–H groups in total. The molecule has 1 aliphatic rings. The average molecular weight is 568 g/mol. The molecule has 216 valence electrons. The number of carbonyl (C=O) groups excluding carboxylic acids is 1.